The largest absolute Gasteiger partial charge is 0.103 e. The van der Waals surface area contributed by atoms with E-state index in [9.17, 15) is 0 Å². The smallest absolute Gasteiger partial charge is 0.0811 e. The van der Waals surface area contributed by atoms with Gasteiger partial charge in [-0.3, -0.25) is 0 Å². The summed E-state index contributed by atoms with van der Waals surface area (Å²) in [4.78, 5) is 0. The van der Waals surface area contributed by atoms with Crippen LogP contribution in [-0.4, -0.2) is 8.80 Å². The van der Waals surface area contributed by atoms with Crippen molar-refractivity contribution in [1.29, 1.82) is 0 Å². The second-order valence-electron chi connectivity index (χ2n) is 8.23. The Bertz CT molecular complexity index is 579. The Hall–Kier alpha value is -1.08. The Labute approximate surface area is 145 Å². The van der Waals surface area contributed by atoms with Crippen molar-refractivity contribution in [3.63, 3.8) is 0 Å². The summed E-state index contributed by atoms with van der Waals surface area (Å²) in [6, 6.07) is 8.66. The number of unbranched alkanes of at least 4 members (excludes halogenated alkanes) is 2. The van der Waals surface area contributed by atoms with E-state index in [0.29, 0.717) is 0 Å². The summed E-state index contributed by atoms with van der Waals surface area (Å²) in [5.41, 5.74) is 4.75. The first kappa shape index (κ1) is 18.3. The van der Waals surface area contributed by atoms with Gasteiger partial charge >= 0.3 is 0 Å². The van der Waals surface area contributed by atoms with E-state index in [1.165, 1.54) is 36.4 Å². The first-order valence-corrected chi connectivity index (χ1v) is 11.3. The highest BCUT2D eigenvalue weighted by Gasteiger charge is 2.29. The van der Waals surface area contributed by atoms with Crippen LogP contribution >= 0.6 is 0 Å². The Kier molecular flexibility index (Phi) is 6.08. The van der Waals surface area contributed by atoms with E-state index < -0.39 is 8.80 Å². The second-order valence-corrected chi connectivity index (χ2v) is 11.2. The van der Waals surface area contributed by atoms with E-state index in [1.54, 1.807) is 16.0 Å². The first-order valence-electron chi connectivity index (χ1n) is 9.32. The van der Waals surface area contributed by atoms with Gasteiger partial charge < -0.3 is 0 Å². The van der Waals surface area contributed by atoms with Gasteiger partial charge in [-0.15, -0.1) is 0 Å². The number of benzene rings is 1. The van der Waals surface area contributed by atoms with Crippen molar-refractivity contribution in [1.82, 2.24) is 0 Å². The second kappa shape index (κ2) is 7.66. The third-order valence-corrected chi connectivity index (χ3v) is 8.32. The molecule has 0 heterocycles. The summed E-state index contributed by atoms with van der Waals surface area (Å²) in [6.07, 6.45) is 10.2. The van der Waals surface area contributed by atoms with Crippen LogP contribution < -0.4 is 5.19 Å². The fourth-order valence-electron chi connectivity index (χ4n) is 3.91. The molecule has 0 saturated carbocycles. The summed E-state index contributed by atoms with van der Waals surface area (Å²) in [5, 5.41) is 3.39. The zero-order chi connectivity index (χ0) is 17.0. The fraction of sp³-hybridized carbons (Fsp3) is 0.545. The Morgan fingerprint density at radius 1 is 0.957 bits per heavy atom. The van der Waals surface area contributed by atoms with Gasteiger partial charge in [-0.2, -0.15) is 0 Å². The summed E-state index contributed by atoms with van der Waals surface area (Å²) < 4.78 is 0. The molecule has 0 spiro atoms. The molecular formula is C22H34Si. The predicted molar refractivity (Wildman–Crippen MR) is 107 cm³/mol. The summed E-state index contributed by atoms with van der Waals surface area (Å²) in [5.74, 6) is 0. The molecule has 2 rings (SSSR count). The van der Waals surface area contributed by atoms with Gasteiger partial charge in [0.05, 0.1) is 0 Å². The zero-order valence-corrected chi connectivity index (χ0v) is 17.2. The van der Waals surface area contributed by atoms with Crippen LogP contribution in [0.2, 0.25) is 6.04 Å². The molecular weight excluding hydrogens is 292 g/mol. The maximum absolute atomic E-state index is 2.54. The quantitative estimate of drug-likeness (QED) is 0.460. The van der Waals surface area contributed by atoms with Gasteiger partial charge in [-0.25, -0.2) is 0 Å². The average molecular weight is 327 g/mol. The van der Waals surface area contributed by atoms with Crippen LogP contribution in [0.4, 0.5) is 0 Å². The predicted octanol–water partition coefficient (Wildman–Crippen LogP) is 5.77. The minimum atomic E-state index is -1.10. The third kappa shape index (κ3) is 4.70. The van der Waals surface area contributed by atoms with Crippen LogP contribution in [0.15, 0.2) is 41.1 Å². The van der Waals surface area contributed by atoms with Crippen molar-refractivity contribution in [3.05, 3.63) is 52.2 Å². The fourth-order valence-corrected chi connectivity index (χ4v) is 7.89. The molecule has 0 nitrogen and oxygen atoms in total. The number of hydrogen-bond donors (Lipinski definition) is 0. The van der Waals surface area contributed by atoms with Crippen LogP contribution in [0, 0.1) is 19.3 Å². The lowest BCUT2D eigenvalue weighted by Gasteiger charge is -2.29. The van der Waals surface area contributed by atoms with E-state index in [0.717, 1.165) is 6.42 Å². The minimum Gasteiger partial charge on any atom is -0.0811 e. The Morgan fingerprint density at radius 2 is 1.61 bits per heavy atom. The lowest BCUT2D eigenvalue weighted by molar-refractivity contribution is 0.515. The maximum Gasteiger partial charge on any atom is 0.103 e. The highest BCUT2D eigenvalue weighted by Crippen LogP contribution is 2.37. The van der Waals surface area contributed by atoms with Crippen LogP contribution in [0.5, 0.6) is 0 Å². The van der Waals surface area contributed by atoms with Gasteiger partial charge in [0.25, 0.3) is 0 Å². The molecule has 0 bridgehead atoms. The molecule has 0 amide bonds. The van der Waals surface area contributed by atoms with E-state index in [-0.39, 0.29) is 5.41 Å². The van der Waals surface area contributed by atoms with Crippen molar-refractivity contribution in [2.45, 2.75) is 73.3 Å². The first-order chi connectivity index (χ1) is 10.8. The molecule has 1 unspecified atom stereocenters. The lowest BCUT2D eigenvalue weighted by Crippen LogP contribution is -2.35. The van der Waals surface area contributed by atoms with E-state index in [4.69, 9.17) is 0 Å². The molecule has 126 valence electrons. The molecule has 1 aromatic rings. The number of aryl methyl sites for hydroxylation is 2. The number of hydrogen-bond acceptors (Lipinski definition) is 0. The van der Waals surface area contributed by atoms with Gasteiger partial charge in [0.2, 0.25) is 0 Å². The van der Waals surface area contributed by atoms with Gasteiger partial charge in [0.15, 0.2) is 0 Å². The minimum absolute atomic E-state index is 0.275. The molecule has 0 radical (unpaired) electrons. The Morgan fingerprint density at radius 3 is 2.17 bits per heavy atom. The zero-order valence-electron chi connectivity index (χ0n) is 16.0. The van der Waals surface area contributed by atoms with Crippen molar-refractivity contribution in [2.75, 3.05) is 0 Å². The normalized spacial score (nSPS) is 16.3. The van der Waals surface area contributed by atoms with Gasteiger partial charge in [-0.05, 0) is 31.3 Å². The molecule has 1 aromatic carbocycles. The van der Waals surface area contributed by atoms with Crippen molar-refractivity contribution < 1.29 is 0 Å². The van der Waals surface area contributed by atoms with E-state index >= 15 is 0 Å². The van der Waals surface area contributed by atoms with Gasteiger partial charge in [0, 0.05) is 0 Å². The maximum atomic E-state index is 2.54. The molecule has 0 fully saturated rings. The van der Waals surface area contributed by atoms with Crippen LogP contribution in [0.1, 0.15) is 64.5 Å². The van der Waals surface area contributed by atoms with Crippen LogP contribution in [0.3, 0.4) is 0 Å². The van der Waals surface area contributed by atoms with E-state index in [2.05, 4.69) is 71.9 Å². The Balaban J connectivity index is 2.36. The molecule has 1 heteroatoms. The van der Waals surface area contributed by atoms with Crippen molar-refractivity contribution >= 4 is 14.0 Å². The van der Waals surface area contributed by atoms with Crippen molar-refractivity contribution in [2.24, 2.45) is 5.41 Å². The van der Waals surface area contributed by atoms with Crippen LogP contribution in [-0.2, 0) is 0 Å². The lowest BCUT2D eigenvalue weighted by atomic mass is 9.87. The molecule has 0 aromatic heterocycles. The monoisotopic (exact) mass is 326 g/mol. The molecule has 1 aliphatic carbocycles. The highest BCUT2D eigenvalue weighted by atomic mass is 28.3. The topological polar surface area (TPSA) is 0 Å². The highest BCUT2D eigenvalue weighted by molar-refractivity contribution is 6.80. The number of rotatable bonds is 6. The molecule has 23 heavy (non-hydrogen) atoms. The molecule has 0 aliphatic heterocycles. The standard InChI is InChI=1S/C22H34Si/c1-7-8-9-13-23(19-15-17(2)14-18(3)16-19)21-12-10-11-20(21)22(4,5)6/h11-12,14-16,23H,7-10,13H2,1-6H3. The van der Waals surface area contributed by atoms with Crippen LogP contribution in [0.25, 0.3) is 0 Å². The molecule has 0 saturated heterocycles. The summed E-state index contributed by atoms with van der Waals surface area (Å²) in [6.45, 7) is 13.9. The molecule has 1 aliphatic rings. The van der Waals surface area contributed by atoms with Crippen molar-refractivity contribution in [3.8, 4) is 0 Å². The SMILES string of the molecule is CCCCC[SiH](C1=CCC=C1C(C)(C)C)c1cc(C)cc(C)c1. The van der Waals surface area contributed by atoms with Gasteiger partial charge in [-0.1, -0.05) is 105 Å². The third-order valence-electron chi connectivity index (χ3n) is 4.90. The summed E-state index contributed by atoms with van der Waals surface area (Å²) in [7, 11) is -1.10. The van der Waals surface area contributed by atoms with Gasteiger partial charge in [0.1, 0.15) is 8.80 Å². The molecule has 1 atom stereocenters. The summed E-state index contributed by atoms with van der Waals surface area (Å²) >= 11 is 0. The number of allylic oxidation sites excluding steroid dienone is 4. The average Bonchev–Trinajstić information content (AvgIpc) is 2.91. The van der Waals surface area contributed by atoms with E-state index in [1.807, 2.05) is 0 Å². The molecule has 0 N–H and O–H groups in total.